The van der Waals surface area contributed by atoms with Gasteiger partial charge in [0.05, 0.1) is 33.6 Å². The highest BCUT2D eigenvalue weighted by Crippen LogP contribution is 2.34. The molecule has 0 spiro atoms. The Kier molecular flexibility index (Phi) is 5.49. The van der Waals surface area contributed by atoms with E-state index in [-0.39, 0.29) is 5.91 Å². The summed E-state index contributed by atoms with van der Waals surface area (Å²) in [5.74, 6) is -0.275. The first kappa shape index (κ1) is 19.4. The maximum atomic E-state index is 12.8. The Morgan fingerprint density at radius 3 is 2.69 bits per heavy atom. The average Bonchev–Trinajstić information content (AvgIpc) is 3.14. The zero-order chi connectivity index (χ0) is 20.4. The first-order valence-corrected chi connectivity index (χ1v) is 10.1. The predicted octanol–water partition coefficient (Wildman–Crippen LogP) is 6.15. The first-order valence-electron chi connectivity index (χ1n) is 8.92. The minimum absolute atomic E-state index is 0.275. The number of para-hydroxylation sites is 1. The lowest BCUT2D eigenvalue weighted by Crippen LogP contribution is -2.13. The highest BCUT2D eigenvalue weighted by atomic mass is 35.5. The molecule has 1 heterocycles. The second kappa shape index (κ2) is 8.21. The molecule has 4 rings (SSSR count). The van der Waals surface area contributed by atoms with E-state index in [1.165, 1.54) is 7.11 Å². The van der Waals surface area contributed by atoms with Crippen molar-refractivity contribution in [1.29, 1.82) is 0 Å². The number of nitrogens with zero attached hydrogens (tertiary/aromatic N) is 1. The number of carbonyl (C=O) groups excluding carboxylic acids is 1. The molecule has 2 N–H and O–H groups in total. The monoisotopic (exact) mass is 423 g/mol. The lowest BCUT2D eigenvalue weighted by molar-refractivity contribution is 0.102. The predicted molar refractivity (Wildman–Crippen MR) is 120 cm³/mol. The van der Waals surface area contributed by atoms with Crippen LogP contribution in [0.1, 0.15) is 15.9 Å². The summed E-state index contributed by atoms with van der Waals surface area (Å²) in [5.41, 5.74) is 7.39. The van der Waals surface area contributed by atoms with Crippen molar-refractivity contribution in [2.24, 2.45) is 0 Å². The third-order valence-corrected chi connectivity index (χ3v) is 5.92. The van der Waals surface area contributed by atoms with Gasteiger partial charge >= 0.3 is 0 Å². The second-order valence-electron chi connectivity index (χ2n) is 6.42. The molecule has 0 radical (unpaired) electrons. The summed E-state index contributed by atoms with van der Waals surface area (Å²) in [7, 11) is 1.51. The van der Waals surface area contributed by atoms with Gasteiger partial charge in [0.15, 0.2) is 0 Å². The maximum absolute atomic E-state index is 12.8. The van der Waals surface area contributed by atoms with Crippen LogP contribution in [0.3, 0.4) is 0 Å². The Morgan fingerprint density at radius 2 is 1.93 bits per heavy atom. The molecule has 0 atom stereocenters. The molecule has 0 bridgehead atoms. The fourth-order valence-electron chi connectivity index (χ4n) is 3.06. The molecule has 1 aromatic heterocycles. The van der Waals surface area contributed by atoms with Crippen LogP contribution in [0.25, 0.3) is 20.8 Å². The molecule has 146 valence electrons. The lowest BCUT2D eigenvalue weighted by Gasteiger charge is -2.12. The molecular formula is C22H18ClN3O2S. The molecule has 0 aliphatic rings. The second-order valence-corrected chi connectivity index (χ2v) is 7.86. The van der Waals surface area contributed by atoms with E-state index in [1.807, 2.05) is 43.3 Å². The van der Waals surface area contributed by atoms with Crippen LogP contribution in [-0.2, 0) is 4.84 Å². The first-order chi connectivity index (χ1) is 14.1. The normalized spacial score (nSPS) is 10.9. The highest BCUT2D eigenvalue weighted by molar-refractivity contribution is 7.21. The molecule has 0 aliphatic carbocycles. The van der Waals surface area contributed by atoms with Gasteiger partial charge in [-0.2, -0.15) is 0 Å². The molecule has 0 fully saturated rings. The van der Waals surface area contributed by atoms with E-state index in [2.05, 4.69) is 16.9 Å². The largest absolute Gasteiger partial charge is 0.322 e. The number of halogens is 1. The van der Waals surface area contributed by atoms with Crippen molar-refractivity contribution < 1.29 is 9.63 Å². The minimum Gasteiger partial charge on any atom is -0.322 e. The SMILES string of the molecule is CONc1ccc(C(=O)Nc2cccc(-c3nc4ccccc4s3)c2C)c(Cl)c1. The molecule has 1 amide bonds. The molecule has 29 heavy (non-hydrogen) atoms. The van der Waals surface area contributed by atoms with Crippen LogP contribution in [0.15, 0.2) is 60.7 Å². The van der Waals surface area contributed by atoms with E-state index in [0.29, 0.717) is 16.3 Å². The van der Waals surface area contributed by atoms with Crippen molar-refractivity contribution in [3.05, 3.63) is 76.8 Å². The smallest absolute Gasteiger partial charge is 0.257 e. The summed E-state index contributed by atoms with van der Waals surface area (Å²) < 4.78 is 1.13. The summed E-state index contributed by atoms with van der Waals surface area (Å²) in [4.78, 5) is 22.4. The van der Waals surface area contributed by atoms with Crippen molar-refractivity contribution in [3.8, 4) is 10.6 Å². The minimum atomic E-state index is -0.275. The van der Waals surface area contributed by atoms with Gasteiger partial charge in [-0.05, 0) is 48.9 Å². The Hall–Kier alpha value is -2.93. The van der Waals surface area contributed by atoms with Crippen LogP contribution < -0.4 is 10.8 Å². The van der Waals surface area contributed by atoms with Crippen LogP contribution in [0, 0.1) is 6.92 Å². The molecule has 7 heteroatoms. The number of aromatic nitrogens is 1. The van der Waals surface area contributed by atoms with Gasteiger partial charge in [-0.1, -0.05) is 35.9 Å². The summed E-state index contributed by atoms with van der Waals surface area (Å²) in [6.07, 6.45) is 0. The van der Waals surface area contributed by atoms with Gasteiger partial charge in [-0.25, -0.2) is 4.98 Å². The standard InChI is InChI=1S/C22H18ClN3O2S/c1-13-15(22-25-19-7-3-4-9-20(19)29-22)6-5-8-18(13)24-21(27)16-11-10-14(26-28-2)12-17(16)23/h3-12,26H,1-2H3,(H,24,27). The van der Waals surface area contributed by atoms with Crippen molar-refractivity contribution >= 4 is 50.4 Å². The number of rotatable bonds is 5. The van der Waals surface area contributed by atoms with Crippen LogP contribution in [0.2, 0.25) is 5.02 Å². The Morgan fingerprint density at radius 1 is 1.10 bits per heavy atom. The van der Waals surface area contributed by atoms with Gasteiger partial charge in [0, 0.05) is 11.3 Å². The van der Waals surface area contributed by atoms with Crippen molar-refractivity contribution in [1.82, 2.24) is 4.98 Å². The third kappa shape index (κ3) is 3.96. The number of amides is 1. The summed E-state index contributed by atoms with van der Waals surface area (Å²) in [6.45, 7) is 1.98. The van der Waals surface area contributed by atoms with E-state index in [0.717, 1.165) is 32.0 Å². The molecule has 0 saturated carbocycles. The molecule has 0 saturated heterocycles. The number of hydrogen-bond acceptors (Lipinski definition) is 5. The third-order valence-electron chi connectivity index (χ3n) is 4.54. The number of hydrogen-bond donors (Lipinski definition) is 2. The Bertz CT molecular complexity index is 1170. The number of fused-ring (bicyclic) bond motifs is 1. The van der Waals surface area contributed by atoms with Gasteiger partial charge in [0.2, 0.25) is 0 Å². The number of carbonyl (C=O) groups is 1. The number of nitrogens with one attached hydrogen (secondary N) is 2. The Labute approximate surface area is 177 Å². The van der Waals surface area contributed by atoms with Crippen LogP contribution >= 0.6 is 22.9 Å². The number of thiazole rings is 1. The summed E-state index contributed by atoms with van der Waals surface area (Å²) in [6, 6.07) is 18.9. The maximum Gasteiger partial charge on any atom is 0.257 e. The van der Waals surface area contributed by atoms with E-state index >= 15 is 0 Å². The summed E-state index contributed by atoms with van der Waals surface area (Å²) in [5, 5.41) is 4.23. The quantitative estimate of drug-likeness (QED) is 0.378. The lowest BCUT2D eigenvalue weighted by atomic mass is 10.1. The number of anilines is 2. The molecule has 0 unspecified atom stereocenters. The van der Waals surface area contributed by atoms with Gasteiger partial charge in [-0.3, -0.25) is 15.1 Å². The van der Waals surface area contributed by atoms with Crippen molar-refractivity contribution in [2.75, 3.05) is 17.9 Å². The van der Waals surface area contributed by atoms with Gasteiger partial charge in [0.1, 0.15) is 5.01 Å². The topological polar surface area (TPSA) is 63.2 Å². The van der Waals surface area contributed by atoms with Crippen LogP contribution in [-0.4, -0.2) is 18.0 Å². The van der Waals surface area contributed by atoms with Gasteiger partial charge in [-0.15, -0.1) is 11.3 Å². The fourth-order valence-corrected chi connectivity index (χ4v) is 4.38. The molecule has 0 aliphatic heterocycles. The Balaban J connectivity index is 1.63. The van der Waals surface area contributed by atoms with Gasteiger partial charge < -0.3 is 5.32 Å². The zero-order valence-corrected chi connectivity index (χ0v) is 17.4. The zero-order valence-electron chi connectivity index (χ0n) is 15.8. The average molecular weight is 424 g/mol. The molecular weight excluding hydrogens is 406 g/mol. The highest BCUT2D eigenvalue weighted by Gasteiger charge is 2.15. The van der Waals surface area contributed by atoms with Crippen molar-refractivity contribution in [2.45, 2.75) is 6.92 Å². The van der Waals surface area contributed by atoms with Crippen LogP contribution in [0.4, 0.5) is 11.4 Å². The van der Waals surface area contributed by atoms with E-state index in [9.17, 15) is 4.79 Å². The van der Waals surface area contributed by atoms with E-state index in [4.69, 9.17) is 21.4 Å². The van der Waals surface area contributed by atoms with E-state index < -0.39 is 0 Å². The number of benzene rings is 3. The van der Waals surface area contributed by atoms with Crippen LogP contribution in [0.5, 0.6) is 0 Å². The molecule has 4 aromatic rings. The summed E-state index contributed by atoms with van der Waals surface area (Å²) >= 11 is 7.91. The van der Waals surface area contributed by atoms with Gasteiger partial charge in [0.25, 0.3) is 5.91 Å². The van der Waals surface area contributed by atoms with E-state index in [1.54, 1.807) is 29.5 Å². The van der Waals surface area contributed by atoms with Crippen molar-refractivity contribution in [3.63, 3.8) is 0 Å². The fraction of sp³-hybridized carbons (Fsp3) is 0.0909. The molecule has 3 aromatic carbocycles. The molecule has 5 nitrogen and oxygen atoms in total.